The van der Waals surface area contributed by atoms with Gasteiger partial charge in [0.2, 0.25) is 0 Å². The predicted octanol–water partition coefficient (Wildman–Crippen LogP) is 3.97. The number of benzene rings is 1. The van der Waals surface area contributed by atoms with E-state index in [1.807, 2.05) is 6.07 Å². The predicted molar refractivity (Wildman–Crippen MR) is 55.5 cm³/mol. The van der Waals surface area contributed by atoms with E-state index in [2.05, 4.69) is 16.6 Å². The summed E-state index contributed by atoms with van der Waals surface area (Å²) in [5.74, 6) is 0.942. The summed E-state index contributed by atoms with van der Waals surface area (Å²) in [4.78, 5) is 0. The molecule has 0 saturated heterocycles. The molecule has 1 aliphatic carbocycles. The summed E-state index contributed by atoms with van der Waals surface area (Å²) in [5.41, 5.74) is 0.204. The Morgan fingerprint density at radius 2 is 2.06 bits per heavy atom. The summed E-state index contributed by atoms with van der Waals surface area (Å²) in [6.07, 6.45) is -3.42. The number of fused-ring (bicyclic) bond motifs is 1. The quantitative estimate of drug-likeness (QED) is 0.755. The molecule has 0 aliphatic heterocycles. The summed E-state index contributed by atoms with van der Waals surface area (Å²) >= 11 is 0. The molecule has 1 aromatic heterocycles. The molecule has 5 heteroatoms. The standard InChI is InChI=1S/C12H10F3NO/c1-6-4-8(6)7-2-3-10-9(5-7)11(16-17-10)12(13,14)15/h2-3,5-6,8H,4H2,1H3/t6?,8-/m0/s1. The van der Waals surface area contributed by atoms with Crippen LogP contribution in [0.1, 0.15) is 30.5 Å². The zero-order valence-corrected chi connectivity index (χ0v) is 9.08. The zero-order chi connectivity index (χ0) is 12.2. The Kier molecular flexibility index (Phi) is 2.03. The fourth-order valence-electron chi connectivity index (χ4n) is 2.18. The molecule has 3 rings (SSSR count). The molecule has 1 fully saturated rings. The smallest absolute Gasteiger partial charge is 0.356 e. The van der Waals surface area contributed by atoms with Crippen LogP contribution in [0.25, 0.3) is 11.0 Å². The number of halogens is 3. The minimum atomic E-state index is -4.46. The summed E-state index contributed by atoms with van der Waals surface area (Å²) in [6.45, 7) is 2.09. The molecule has 1 heterocycles. The summed E-state index contributed by atoms with van der Waals surface area (Å²) in [6, 6.07) is 4.95. The van der Waals surface area contributed by atoms with Crippen molar-refractivity contribution in [1.82, 2.24) is 5.16 Å². The fourth-order valence-corrected chi connectivity index (χ4v) is 2.18. The van der Waals surface area contributed by atoms with Crippen LogP contribution in [0.15, 0.2) is 22.7 Å². The van der Waals surface area contributed by atoms with Crippen molar-refractivity contribution in [3.8, 4) is 0 Å². The van der Waals surface area contributed by atoms with Crippen LogP contribution in [0.5, 0.6) is 0 Å². The van der Waals surface area contributed by atoms with Crippen LogP contribution >= 0.6 is 0 Å². The second-order valence-corrected chi connectivity index (χ2v) is 4.60. The van der Waals surface area contributed by atoms with E-state index in [1.165, 1.54) is 0 Å². The maximum Gasteiger partial charge on any atom is 0.437 e. The number of nitrogens with zero attached hydrogens (tertiary/aromatic N) is 1. The van der Waals surface area contributed by atoms with Gasteiger partial charge in [0.1, 0.15) is 0 Å². The molecular weight excluding hydrogens is 231 g/mol. The highest BCUT2D eigenvalue weighted by Crippen LogP contribution is 2.48. The summed E-state index contributed by atoms with van der Waals surface area (Å²) in [5, 5.41) is 3.17. The number of hydrogen-bond donors (Lipinski definition) is 0. The van der Waals surface area contributed by atoms with Crippen molar-refractivity contribution in [3.05, 3.63) is 29.5 Å². The molecular formula is C12H10F3NO. The van der Waals surface area contributed by atoms with E-state index in [4.69, 9.17) is 0 Å². The first-order chi connectivity index (χ1) is 7.97. The maximum atomic E-state index is 12.7. The van der Waals surface area contributed by atoms with Gasteiger partial charge >= 0.3 is 6.18 Å². The maximum absolute atomic E-state index is 12.7. The molecule has 2 aromatic rings. The van der Waals surface area contributed by atoms with Crippen LogP contribution in [0, 0.1) is 5.92 Å². The van der Waals surface area contributed by atoms with E-state index in [9.17, 15) is 13.2 Å². The third-order valence-electron chi connectivity index (χ3n) is 3.30. The van der Waals surface area contributed by atoms with E-state index in [-0.39, 0.29) is 11.0 Å². The molecule has 2 nitrogen and oxygen atoms in total. The van der Waals surface area contributed by atoms with Gasteiger partial charge in [-0.15, -0.1) is 0 Å². The average molecular weight is 241 g/mol. The second kappa shape index (κ2) is 3.24. The summed E-state index contributed by atoms with van der Waals surface area (Å²) < 4.78 is 42.6. The van der Waals surface area contributed by atoms with Gasteiger partial charge in [0.15, 0.2) is 11.3 Å². The molecule has 1 aliphatic rings. The Bertz CT molecular complexity index is 573. The van der Waals surface area contributed by atoms with E-state index >= 15 is 0 Å². The molecule has 0 spiro atoms. The lowest BCUT2D eigenvalue weighted by atomic mass is 10.1. The van der Waals surface area contributed by atoms with Crippen molar-refractivity contribution >= 4 is 11.0 Å². The van der Waals surface area contributed by atoms with Crippen molar-refractivity contribution < 1.29 is 17.7 Å². The number of aromatic nitrogens is 1. The Morgan fingerprint density at radius 1 is 1.35 bits per heavy atom. The number of alkyl halides is 3. The van der Waals surface area contributed by atoms with Crippen LogP contribution in [0.2, 0.25) is 0 Å². The van der Waals surface area contributed by atoms with Gasteiger partial charge in [-0.1, -0.05) is 18.1 Å². The fraction of sp³-hybridized carbons (Fsp3) is 0.417. The number of hydrogen-bond acceptors (Lipinski definition) is 2. The van der Waals surface area contributed by atoms with Crippen molar-refractivity contribution in [2.75, 3.05) is 0 Å². The van der Waals surface area contributed by atoms with Crippen LogP contribution in [0.3, 0.4) is 0 Å². The minimum Gasteiger partial charge on any atom is -0.356 e. The van der Waals surface area contributed by atoms with Gasteiger partial charge in [0, 0.05) is 0 Å². The topological polar surface area (TPSA) is 26.0 Å². The van der Waals surface area contributed by atoms with E-state index in [0.717, 1.165) is 12.0 Å². The van der Waals surface area contributed by atoms with Crippen LogP contribution in [-0.2, 0) is 6.18 Å². The molecule has 1 aromatic carbocycles. The van der Waals surface area contributed by atoms with Crippen molar-refractivity contribution in [1.29, 1.82) is 0 Å². The second-order valence-electron chi connectivity index (χ2n) is 4.60. The normalized spacial score (nSPS) is 24.2. The zero-order valence-electron chi connectivity index (χ0n) is 9.08. The highest BCUT2D eigenvalue weighted by atomic mass is 19.4. The molecule has 2 atom stereocenters. The molecule has 90 valence electrons. The monoisotopic (exact) mass is 241 g/mol. The lowest BCUT2D eigenvalue weighted by Crippen LogP contribution is -2.05. The largest absolute Gasteiger partial charge is 0.437 e. The highest BCUT2D eigenvalue weighted by Gasteiger charge is 2.38. The Hall–Kier alpha value is -1.52. The van der Waals surface area contributed by atoms with Gasteiger partial charge in [0.25, 0.3) is 0 Å². The van der Waals surface area contributed by atoms with E-state index in [1.54, 1.807) is 12.1 Å². The van der Waals surface area contributed by atoms with Crippen molar-refractivity contribution in [2.45, 2.75) is 25.4 Å². The van der Waals surface area contributed by atoms with Crippen molar-refractivity contribution in [3.63, 3.8) is 0 Å². The minimum absolute atomic E-state index is 0.0640. The molecule has 1 unspecified atom stereocenters. The van der Waals surface area contributed by atoms with Crippen LogP contribution in [-0.4, -0.2) is 5.16 Å². The van der Waals surface area contributed by atoms with Gasteiger partial charge in [-0.2, -0.15) is 13.2 Å². The van der Waals surface area contributed by atoms with E-state index in [0.29, 0.717) is 11.8 Å². The lowest BCUT2D eigenvalue weighted by molar-refractivity contribution is -0.141. The Labute approximate surface area is 95.4 Å². The SMILES string of the molecule is CC1C[C@@H]1c1ccc2onc(C(F)(F)F)c2c1. The van der Waals surface area contributed by atoms with E-state index < -0.39 is 11.9 Å². The molecule has 1 saturated carbocycles. The molecule has 0 N–H and O–H groups in total. The van der Waals surface area contributed by atoms with Gasteiger partial charge in [-0.3, -0.25) is 0 Å². The molecule has 0 radical (unpaired) electrons. The first-order valence-corrected chi connectivity index (χ1v) is 5.43. The average Bonchev–Trinajstić information content (AvgIpc) is 2.82. The van der Waals surface area contributed by atoms with Gasteiger partial charge in [-0.05, 0) is 36.0 Å². The molecule has 0 amide bonds. The molecule has 17 heavy (non-hydrogen) atoms. The van der Waals surface area contributed by atoms with Crippen LogP contribution in [0.4, 0.5) is 13.2 Å². The van der Waals surface area contributed by atoms with Gasteiger partial charge in [0.05, 0.1) is 5.39 Å². The van der Waals surface area contributed by atoms with Crippen LogP contribution < -0.4 is 0 Å². The summed E-state index contributed by atoms with van der Waals surface area (Å²) in [7, 11) is 0. The number of rotatable bonds is 1. The van der Waals surface area contributed by atoms with Gasteiger partial charge in [-0.25, -0.2) is 0 Å². The first kappa shape index (κ1) is 10.6. The third kappa shape index (κ3) is 1.69. The highest BCUT2D eigenvalue weighted by molar-refractivity contribution is 5.81. The Morgan fingerprint density at radius 3 is 2.65 bits per heavy atom. The first-order valence-electron chi connectivity index (χ1n) is 5.43. The third-order valence-corrected chi connectivity index (χ3v) is 3.30. The molecule has 0 bridgehead atoms. The van der Waals surface area contributed by atoms with Crippen molar-refractivity contribution in [2.24, 2.45) is 5.92 Å². The Balaban J connectivity index is 2.13. The van der Waals surface area contributed by atoms with Gasteiger partial charge < -0.3 is 4.52 Å². The lowest BCUT2D eigenvalue weighted by Gasteiger charge is -2.02.